The zero-order valence-corrected chi connectivity index (χ0v) is 10.1. The van der Waals surface area contributed by atoms with E-state index in [9.17, 15) is 10.2 Å². The van der Waals surface area contributed by atoms with Crippen LogP contribution in [-0.2, 0) is 0 Å². The topological polar surface area (TPSA) is 69.7 Å². The Morgan fingerprint density at radius 1 is 1.35 bits per heavy atom. The molecule has 1 aromatic rings. The third kappa shape index (κ3) is 2.66. The maximum absolute atomic E-state index is 9.58. The second-order valence-corrected chi connectivity index (χ2v) is 4.75. The smallest absolute Gasteiger partial charge is 0.0938 e. The molecule has 1 heterocycles. The number of hydrogen-bond donors (Lipinski definition) is 3. The number of benzene rings is 1. The van der Waals surface area contributed by atoms with Gasteiger partial charge in [-0.05, 0) is 12.5 Å². The summed E-state index contributed by atoms with van der Waals surface area (Å²) in [6.07, 6.45) is -1.32. The fourth-order valence-corrected chi connectivity index (χ4v) is 2.43. The summed E-state index contributed by atoms with van der Waals surface area (Å²) >= 11 is 0. The van der Waals surface area contributed by atoms with E-state index in [1.165, 1.54) is 5.56 Å². The van der Waals surface area contributed by atoms with Crippen LogP contribution in [0.2, 0.25) is 0 Å². The van der Waals surface area contributed by atoms with Crippen molar-refractivity contribution in [2.75, 3.05) is 19.6 Å². The minimum atomic E-state index is -0.658. The molecule has 17 heavy (non-hydrogen) atoms. The third-order valence-electron chi connectivity index (χ3n) is 3.38. The molecule has 1 aliphatic rings. The minimum Gasteiger partial charge on any atom is -0.389 e. The van der Waals surface area contributed by atoms with Gasteiger partial charge in [0.1, 0.15) is 0 Å². The summed E-state index contributed by atoms with van der Waals surface area (Å²) in [5.74, 6) is 0. The first-order valence-electron chi connectivity index (χ1n) is 5.98. The van der Waals surface area contributed by atoms with Gasteiger partial charge in [0.2, 0.25) is 0 Å². The van der Waals surface area contributed by atoms with Crippen molar-refractivity contribution in [1.29, 1.82) is 0 Å². The van der Waals surface area contributed by atoms with Gasteiger partial charge >= 0.3 is 0 Å². The number of rotatable bonds is 3. The van der Waals surface area contributed by atoms with E-state index in [0.717, 1.165) is 5.56 Å². The summed E-state index contributed by atoms with van der Waals surface area (Å²) < 4.78 is 0. The van der Waals surface area contributed by atoms with Crippen LogP contribution in [0.25, 0.3) is 0 Å². The van der Waals surface area contributed by atoms with Crippen LogP contribution in [0.3, 0.4) is 0 Å². The summed E-state index contributed by atoms with van der Waals surface area (Å²) in [5, 5.41) is 19.2. The molecule has 4 heteroatoms. The second kappa shape index (κ2) is 5.14. The van der Waals surface area contributed by atoms with E-state index in [-0.39, 0.29) is 6.04 Å². The molecule has 94 valence electrons. The first-order valence-corrected chi connectivity index (χ1v) is 5.98. The molecule has 2 rings (SSSR count). The lowest BCUT2D eigenvalue weighted by Gasteiger charge is -2.26. The number of aliphatic hydroxyl groups excluding tert-OH is 2. The van der Waals surface area contributed by atoms with Gasteiger partial charge in [-0.3, -0.25) is 4.90 Å². The summed E-state index contributed by atoms with van der Waals surface area (Å²) in [4.78, 5) is 2.05. The molecule has 0 spiro atoms. The number of likely N-dealkylation sites (tertiary alicyclic amines) is 1. The Labute approximate surface area is 102 Å². The highest BCUT2D eigenvalue weighted by Gasteiger charge is 2.33. The van der Waals surface area contributed by atoms with Gasteiger partial charge in [-0.1, -0.05) is 29.8 Å². The maximum Gasteiger partial charge on any atom is 0.0938 e. The fourth-order valence-electron chi connectivity index (χ4n) is 2.43. The number of nitrogens with two attached hydrogens (primary N) is 1. The van der Waals surface area contributed by atoms with Crippen molar-refractivity contribution in [3.63, 3.8) is 0 Å². The monoisotopic (exact) mass is 236 g/mol. The molecular weight excluding hydrogens is 216 g/mol. The molecule has 0 radical (unpaired) electrons. The highest BCUT2D eigenvalue weighted by atomic mass is 16.3. The van der Waals surface area contributed by atoms with Gasteiger partial charge in [0.25, 0.3) is 0 Å². The van der Waals surface area contributed by atoms with Gasteiger partial charge in [0.05, 0.1) is 12.2 Å². The predicted molar refractivity (Wildman–Crippen MR) is 66.6 cm³/mol. The van der Waals surface area contributed by atoms with Crippen molar-refractivity contribution < 1.29 is 10.2 Å². The third-order valence-corrected chi connectivity index (χ3v) is 3.38. The van der Waals surface area contributed by atoms with Gasteiger partial charge < -0.3 is 15.9 Å². The molecule has 0 bridgehead atoms. The second-order valence-electron chi connectivity index (χ2n) is 4.75. The van der Waals surface area contributed by atoms with Crippen LogP contribution in [-0.4, -0.2) is 47.0 Å². The molecule has 3 atom stereocenters. The molecule has 0 amide bonds. The molecule has 4 nitrogen and oxygen atoms in total. The summed E-state index contributed by atoms with van der Waals surface area (Å²) in [5.41, 5.74) is 8.16. The van der Waals surface area contributed by atoms with Crippen LogP contribution in [0.5, 0.6) is 0 Å². The highest BCUT2D eigenvalue weighted by Crippen LogP contribution is 2.25. The Hall–Kier alpha value is -0.940. The normalized spacial score (nSPS) is 27.3. The minimum absolute atomic E-state index is 0.0710. The Balaban J connectivity index is 2.17. The maximum atomic E-state index is 9.58. The molecule has 1 aliphatic heterocycles. The molecule has 3 unspecified atom stereocenters. The SMILES string of the molecule is Cc1cccc(C(CN)N2CC(O)C(O)C2)c1. The number of aryl methyl sites for hydroxylation is 1. The van der Waals surface area contributed by atoms with Crippen molar-refractivity contribution in [3.05, 3.63) is 35.4 Å². The first-order chi connectivity index (χ1) is 8.11. The Kier molecular flexibility index (Phi) is 3.79. The lowest BCUT2D eigenvalue weighted by Crippen LogP contribution is -2.33. The van der Waals surface area contributed by atoms with Gasteiger partial charge in [-0.15, -0.1) is 0 Å². The van der Waals surface area contributed by atoms with Crippen LogP contribution in [0.1, 0.15) is 17.2 Å². The molecule has 0 saturated carbocycles. The van der Waals surface area contributed by atoms with Gasteiger partial charge in [0.15, 0.2) is 0 Å². The van der Waals surface area contributed by atoms with E-state index in [1.54, 1.807) is 0 Å². The Morgan fingerprint density at radius 3 is 2.53 bits per heavy atom. The van der Waals surface area contributed by atoms with Crippen LogP contribution < -0.4 is 5.73 Å². The van der Waals surface area contributed by atoms with E-state index in [0.29, 0.717) is 19.6 Å². The molecule has 4 N–H and O–H groups in total. The fraction of sp³-hybridized carbons (Fsp3) is 0.538. The largest absolute Gasteiger partial charge is 0.389 e. The van der Waals surface area contributed by atoms with Crippen LogP contribution in [0.4, 0.5) is 0 Å². The molecule has 0 aliphatic carbocycles. The summed E-state index contributed by atoms with van der Waals surface area (Å²) in [6, 6.07) is 8.28. The van der Waals surface area contributed by atoms with E-state index >= 15 is 0 Å². The van der Waals surface area contributed by atoms with Crippen LogP contribution >= 0.6 is 0 Å². The van der Waals surface area contributed by atoms with Gasteiger partial charge in [-0.25, -0.2) is 0 Å². The van der Waals surface area contributed by atoms with E-state index < -0.39 is 12.2 Å². The standard InChI is InChI=1S/C13H20N2O2/c1-9-3-2-4-10(5-9)11(6-14)15-7-12(16)13(17)8-15/h2-5,11-13,16-17H,6-8,14H2,1H3. The quantitative estimate of drug-likeness (QED) is 0.692. The summed E-state index contributed by atoms with van der Waals surface area (Å²) in [6.45, 7) is 3.50. The van der Waals surface area contributed by atoms with Crippen molar-refractivity contribution in [3.8, 4) is 0 Å². The number of β-amino-alcohol motifs (C(OH)–C–C–N with tert-alkyl or cyclic N) is 2. The van der Waals surface area contributed by atoms with Gasteiger partial charge in [0, 0.05) is 25.7 Å². The van der Waals surface area contributed by atoms with Crippen LogP contribution in [0.15, 0.2) is 24.3 Å². The first kappa shape index (κ1) is 12.5. The highest BCUT2D eigenvalue weighted by molar-refractivity contribution is 5.25. The lowest BCUT2D eigenvalue weighted by atomic mass is 10.0. The van der Waals surface area contributed by atoms with Gasteiger partial charge in [-0.2, -0.15) is 0 Å². The number of aliphatic hydroxyl groups is 2. The zero-order chi connectivity index (χ0) is 12.4. The summed E-state index contributed by atoms with van der Waals surface area (Å²) in [7, 11) is 0. The molecular formula is C13H20N2O2. The van der Waals surface area contributed by atoms with Crippen molar-refractivity contribution in [1.82, 2.24) is 4.90 Å². The van der Waals surface area contributed by atoms with E-state index in [4.69, 9.17) is 5.73 Å². The van der Waals surface area contributed by atoms with Crippen molar-refractivity contribution in [2.24, 2.45) is 5.73 Å². The number of hydrogen-bond acceptors (Lipinski definition) is 4. The Morgan fingerprint density at radius 2 is 2.00 bits per heavy atom. The molecule has 1 fully saturated rings. The van der Waals surface area contributed by atoms with E-state index in [2.05, 4.69) is 6.07 Å². The van der Waals surface area contributed by atoms with E-state index in [1.807, 2.05) is 30.0 Å². The zero-order valence-electron chi connectivity index (χ0n) is 10.1. The average molecular weight is 236 g/mol. The molecule has 1 aromatic carbocycles. The van der Waals surface area contributed by atoms with Crippen LogP contribution in [0, 0.1) is 6.92 Å². The molecule has 1 saturated heterocycles. The van der Waals surface area contributed by atoms with Crippen molar-refractivity contribution >= 4 is 0 Å². The Bertz CT molecular complexity index is 373. The lowest BCUT2D eigenvalue weighted by molar-refractivity contribution is 0.0572. The predicted octanol–water partition coefficient (Wildman–Crippen LogP) is 0.0322. The molecule has 0 aromatic heterocycles. The number of nitrogens with zero attached hydrogens (tertiary/aromatic N) is 1. The van der Waals surface area contributed by atoms with Crippen molar-refractivity contribution in [2.45, 2.75) is 25.2 Å². The average Bonchev–Trinajstić information content (AvgIpc) is 2.60.